The van der Waals surface area contributed by atoms with Crippen LogP contribution in [0.3, 0.4) is 0 Å². The first-order chi connectivity index (χ1) is 17.1. The number of aromatic amines is 1. The standard InChI is InChI=1S/C27H26N4O4/c32-22-9-8-21(26(33)28-22)31-15-19-14-18(6-7-20(19)27(31)34)24-23(16-4-2-1-3-5-16)29-25(30-24)17-10-12-35-13-11-17/h1-7,14,17,21H,8-13,15H2,(H,29,30)(H,28,32,33). The van der Waals surface area contributed by atoms with E-state index in [2.05, 4.69) is 22.4 Å². The van der Waals surface area contributed by atoms with Gasteiger partial charge in [-0.3, -0.25) is 19.7 Å². The molecule has 3 aliphatic heterocycles. The molecule has 2 fully saturated rings. The summed E-state index contributed by atoms with van der Waals surface area (Å²) in [4.78, 5) is 47.2. The molecule has 3 aliphatic rings. The number of amides is 3. The average molecular weight is 471 g/mol. The van der Waals surface area contributed by atoms with Gasteiger partial charge >= 0.3 is 0 Å². The number of rotatable bonds is 4. The summed E-state index contributed by atoms with van der Waals surface area (Å²) in [7, 11) is 0. The Morgan fingerprint density at radius 2 is 1.74 bits per heavy atom. The van der Waals surface area contributed by atoms with Gasteiger partial charge in [0.2, 0.25) is 11.8 Å². The number of nitrogens with zero attached hydrogens (tertiary/aromatic N) is 2. The molecular formula is C27H26N4O4. The number of benzene rings is 2. The monoisotopic (exact) mass is 470 g/mol. The highest BCUT2D eigenvalue weighted by Gasteiger charge is 2.39. The van der Waals surface area contributed by atoms with E-state index in [1.165, 1.54) is 0 Å². The number of ether oxygens (including phenoxy) is 1. The topological polar surface area (TPSA) is 104 Å². The molecule has 8 heteroatoms. The lowest BCUT2D eigenvalue weighted by atomic mass is 10.00. The van der Waals surface area contributed by atoms with Gasteiger partial charge in [-0.2, -0.15) is 0 Å². The molecule has 1 atom stereocenters. The van der Waals surface area contributed by atoms with Gasteiger partial charge in [-0.1, -0.05) is 36.4 Å². The molecule has 0 radical (unpaired) electrons. The van der Waals surface area contributed by atoms with Crippen LogP contribution in [0.1, 0.15) is 53.3 Å². The first-order valence-corrected chi connectivity index (χ1v) is 12.1. The summed E-state index contributed by atoms with van der Waals surface area (Å²) in [5.74, 6) is 0.421. The molecule has 2 saturated heterocycles. The third kappa shape index (κ3) is 3.93. The van der Waals surface area contributed by atoms with Crippen LogP contribution < -0.4 is 5.32 Å². The molecule has 0 aliphatic carbocycles. The number of carbonyl (C=O) groups is 3. The fraction of sp³-hybridized carbons (Fsp3) is 0.333. The van der Waals surface area contributed by atoms with Crippen molar-refractivity contribution in [2.45, 2.75) is 44.2 Å². The number of imide groups is 1. The van der Waals surface area contributed by atoms with E-state index in [9.17, 15) is 14.4 Å². The quantitative estimate of drug-likeness (QED) is 0.569. The summed E-state index contributed by atoms with van der Waals surface area (Å²) < 4.78 is 5.54. The van der Waals surface area contributed by atoms with Gasteiger partial charge in [-0.25, -0.2) is 4.98 Å². The van der Waals surface area contributed by atoms with Gasteiger partial charge in [0.15, 0.2) is 0 Å². The number of carbonyl (C=O) groups excluding carboxylic acids is 3. The summed E-state index contributed by atoms with van der Waals surface area (Å²) in [6.07, 6.45) is 2.45. The fourth-order valence-electron chi connectivity index (χ4n) is 5.30. The van der Waals surface area contributed by atoms with Crippen molar-refractivity contribution in [3.8, 4) is 22.5 Å². The summed E-state index contributed by atoms with van der Waals surface area (Å²) in [6.45, 7) is 1.81. The normalized spacial score (nSPS) is 20.7. The zero-order chi connectivity index (χ0) is 23.9. The molecule has 1 unspecified atom stereocenters. The zero-order valence-corrected chi connectivity index (χ0v) is 19.3. The number of imidazole rings is 1. The van der Waals surface area contributed by atoms with E-state index in [1.807, 2.05) is 36.4 Å². The maximum absolute atomic E-state index is 13.1. The van der Waals surface area contributed by atoms with E-state index >= 15 is 0 Å². The molecule has 178 valence electrons. The van der Waals surface area contributed by atoms with Crippen LogP contribution in [-0.2, 0) is 20.9 Å². The van der Waals surface area contributed by atoms with Crippen molar-refractivity contribution in [3.05, 3.63) is 65.5 Å². The SMILES string of the molecule is O=C1CCC(N2Cc3cc(-c4nc(C5CCOCC5)[nH]c4-c4ccccc4)ccc3C2=O)C(=O)N1. The molecule has 0 bridgehead atoms. The van der Waals surface area contributed by atoms with E-state index in [0.29, 0.717) is 24.4 Å². The summed E-state index contributed by atoms with van der Waals surface area (Å²) in [6, 6.07) is 15.3. The molecule has 0 saturated carbocycles. The number of hydrogen-bond donors (Lipinski definition) is 2. The highest BCUT2D eigenvalue weighted by Crippen LogP contribution is 2.37. The van der Waals surface area contributed by atoms with Gasteiger partial charge in [-0.05, 0) is 37.0 Å². The molecule has 1 aromatic heterocycles. The third-order valence-electron chi connectivity index (χ3n) is 7.19. The molecule has 6 rings (SSSR count). The predicted molar refractivity (Wildman–Crippen MR) is 128 cm³/mol. The number of piperidine rings is 1. The van der Waals surface area contributed by atoms with Gasteiger partial charge in [0.05, 0.1) is 11.4 Å². The summed E-state index contributed by atoms with van der Waals surface area (Å²) in [5, 5.41) is 2.36. The summed E-state index contributed by atoms with van der Waals surface area (Å²) >= 11 is 0. The minimum absolute atomic E-state index is 0.172. The number of aromatic nitrogens is 2. The van der Waals surface area contributed by atoms with E-state index < -0.39 is 11.9 Å². The van der Waals surface area contributed by atoms with Crippen LogP contribution in [0.4, 0.5) is 0 Å². The fourth-order valence-corrected chi connectivity index (χ4v) is 5.30. The second-order valence-corrected chi connectivity index (χ2v) is 9.37. The molecule has 8 nitrogen and oxygen atoms in total. The van der Waals surface area contributed by atoms with Crippen molar-refractivity contribution in [1.29, 1.82) is 0 Å². The lowest BCUT2D eigenvalue weighted by molar-refractivity contribution is -0.136. The smallest absolute Gasteiger partial charge is 0.255 e. The summed E-state index contributed by atoms with van der Waals surface area (Å²) in [5.41, 5.74) is 5.25. The number of nitrogens with one attached hydrogen (secondary N) is 2. The molecule has 2 aromatic carbocycles. The van der Waals surface area contributed by atoms with Crippen molar-refractivity contribution < 1.29 is 19.1 Å². The van der Waals surface area contributed by atoms with Crippen molar-refractivity contribution >= 4 is 17.7 Å². The second-order valence-electron chi connectivity index (χ2n) is 9.37. The highest BCUT2D eigenvalue weighted by atomic mass is 16.5. The minimum Gasteiger partial charge on any atom is -0.381 e. The first kappa shape index (κ1) is 21.7. The largest absolute Gasteiger partial charge is 0.381 e. The molecule has 2 N–H and O–H groups in total. The van der Waals surface area contributed by atoms with E-state index in [1.54, 1.807) is 4.90 Å². The predicted octanol–water partition coefficient (Wildman–Crippen LogP) is 3.40. The van der Waals surface area contributed by atoms with Gasteiger partial charge in [-0.15, -0.1) is 0 Å². The average Bonchev–Trinajstić information content (AvgIpc) is 3.47. The van der Waals surface area contributed by atoms with Crippen molar-refractivity contribution in [3.63, 3.8) is 0 Å². The molecule has 3 amide bonds. The molecule has 35 heavy (non-hydrogen) atoms. The van der Waals surface area contributed by atoms with Crippen molar-refractivity contribution in [2.24, 2.45) is 0 Å². The lowest BCUT2D eigenvalue weighted by Crippen LogP contribution is -2.52. The van der Waals surface area contributed by atoms with Crippen LogP contribution in [0.15, 0.2) is 48.5 Å². The Bertz CT molecular complexity index is 1310. The molecule has 3 aromatic rings. The number of fused-ring (bicyclic) bond motifs is 1. The number of hydrogen-bond acceptors (Lipinski definition) is 5. The Labute approximate surface area is 202 Å². The molecular weight excluding hydrogens is 444 g/mol. The van der Waals surface area contributed by atoms with Crippen LogP contribution in [0.25, 0.3) is 22.5 Å². The molecule has 0 spiro atoms. The Balaban J connectivity index is 1.35. The maximum atomic E-state index is 13.1. The van der Waals surface area contributed by atoms with Gasteiger partial charge < -0.3 is 14.6 Å². The Hall–Kier alpha value is -3.78. The second kappa shape index (κ2) is 8.78. The van der Waals surface area contributed by atoms with E-state index in [0.717, 1.165) is 60.0 Å². The maximum Gasteiger partial charge on any atom is 0.255 e. The minimum atomic E-state index is -0.624. The van der Waals surface area contributed by atoms with E-state index in [4.69, 9.17) is 9.72 Å². The Morgan fingerprint density at radius 3 is 2.51 bits per heavy atom. The molecule has 4 heterocycles. The van der Waals surface area contributed by atoms with Crippen LogP contribution in [0, 0.1) is 0 Å². The van der Waals surface area contributed by atoms with Crippen LogP contribution in [0.5, 0.6) is 0 Å². The lowest BCUT2D eigenvalue weighted by Gasteiger charge is -2.29. The van der Waals surface area contributed by atoms with Crippen LogP contribution in [0.2, 0.25) is 0 Å². The van der Waals surface area contributed by atoms with Crippen LogP contribution in [-0.4, -0.2) is 51.8 Å². The zero-order valence-electron chi connectivity index (χ0n) is 19.3. The Morgan fingerprint density at radius 1 is 0.943 bits per heavy atom. The Kier molecular flexibility index (Phi) is 5.45. The van der Waals surface area contributed by atoms with Gasteiger partial charge in [0.25, 0.3) is 5.91 Å². The number of H-pyrrole nitrogens is 1. The van der Waals surface area contributed by atoms with Crippen LogP contribution >= 0.6 is 0 Å². The van der Waals surface area contributed by atoms with Crippen molar-refractivity contribution in [1.82, 2.24) is 20.2 Å². The van der Waals surface area contributed by atoms with Gasteiger partial charge in [0.1, 0.15) is 11.9 Å². The van der Waals surface area contributed by atoms with E-state index in [-0.39, 0.29) is 18.2 Å². The van der Waals surface area contributed by atoms with Crippen molar-refractivity contribution in [2.75, 3.05) is 13.2 Å². The third-order valence-corrected chi connectivity index (χ3v) is 7.19. The highest BCUT2D eigenvalue weighted by molar-refractivity contribution is 6.05. The first-order valence-electron chi connectivity index (χ1n) is 12.1. The van der Waals surface area contributed by atoms with Gasteiger partial charge in [0, 0.05) is 48.8 Å².